The summed E-state index contributed by atoms with van der Waals surface area (Å²) < 4.78 is 18.9. The highest BCUT2D eigenvalue weighted by atomic mass is 19.1. The first-order chi connectivity index (χ1) is 13.5. The fraction of sp³-hybridized carbons (Fsp3) is 0.174. The van der Waals surface area contributed by atoms with Crippen LogP contribution in [0, 0.1) is 12.7 Å². The number of hydrogen-bond acceptors (Lipinski definition) is 3. The molecule has 0 atom stereocenters. The third-order valence-electron chi connectivity index (χ3n) is 4.95. The molecule has 0 saturated carbocycles. The monoisotopic (exact) mass is 377 g/mol. The van der Waals surface area contributed by atoms with Crippen molar-refractivity contribution in [3.05, 3.63) is 83.2 Å². The zero-order valence-corrected chi connectivity index (χ0v) is 15.5. The Morgan fingerprint density at radius 2 is 1.86 bits per heavy atom. The van der Waals surface area contributed by atoms with E-state index < -0.39 is 0 Å². The Hall–Kier alpha value is -3.34. The van der Waals surface area contributed by atoms with Crippen LogP contribution in [-0.4, -0.2) is 29.1 Å². The number of hydrogen-bond donors (Lipinski definition) is 1. The number of fused-ring (bicyclic) bond motifs is 1. The molecule has 0 spiro atoms. The molecule has 5 heteroatoms. The van der Waals surface area contributed by atoms with Crippen molar-refractivity contribution < 1.29 is 19.0 Å². The van der Waals surface area contributed by atoms with Crippen LogP contribution in [0.15, 0.2) is 60.7 Å². The molecule has 4 rings (SSSR count). The van der Waals surface area contributed by atoms with Crippen molar-refractivity contribution in [1.29, 1.82) is 0 Å². The molecular weight excluding hydrogens is 357 g/mol. The molecule has 0 unspecified atom stereocenters. The zero-order valence-electron chi connectivity index (χ0n) is 15.5. The minimum Gasteiger partial charge on any atom is -0.504 e. The molecule has 0 bridgehead atoms. The third kappa shape index (κ3) is 3.43. The fourth-order valence-electron chi connectivity index (χ4n) is 3.50. The van der Waals surface area contributed by atoms with Gasteiger partial charge in [0, 0.05) is 17.7 Å². The molecule has 0 aromatic heterocycles. The second-order valence-corrected chi connectivity index (χ2v) is 6.88. The van der Waals surface area contributed by atoms with Gasteiger partial charge in [0.2, 0.25) is 0 Å². The first-order valence-electron chi connectivity index (χ1n) is 9.12. The molecule has 142 valence electrons. The molecule has 28 heavy (non-hydrogen) atoms. The maximum atomic E-state index is 13.2. The number of carbonyl (C=O) groups is 1. The summed E-state index contributed by atoms with van der Waals surface area (Å²) in [6.45, 7) is 2.97. The van der Waals surface area contributed by atoms with Crippen LogP contribution in [0.4, 0.5) is 4.39 Å². The van der Waals surface area contributed by atoms with Crippen molar-refractivity contribution in [2.45, 2.75) is 13.5 Å². The first-order valence-corrected chi connectivity index (χ1v) is 9.12. The predicted octanol–water partition coefficient (Wildman–Crippen LogP) is 4.54. The van der Waals surface area contributed by atoms with Gasteiger partial charge in [-0.1, -0.05) is 24.3 Å². The smallest absolute Gasteiger partial charge is 0.254 e. The number of phenols is 1. The number of benzene rings is 3. The number of carbonyl (C=O) groups excluding carboxylic acids is 1. The number of rotatable bonds is 2. The second kappa shape index (κ2) is 7.35. The van der Waals surface area contributed by atoms with Crippen LogP contribution in [-0.2, 0) is 6.54 Å². The molecule has 3 aromatic rings. The average molecular weight is 377 g/mol. The Morgan fingerprint density at radius 1 is 1.11 bits per heavy atom. The van der Waals surface area contributed by atoms with Crippen LogP contribution in [0.1, 0.15) is 21.5 Å². The van der Waals surface area contributed by atoms with Gasteiger partial charge in [0.15, 0.2) is 11.5 Å². The van der Waals surface area contributed by atoms with E-state index in [4.69, 9.17) is 4.74 Å². The van der Waals surface area contributed by atoms with Crippen LogP contribution < -0.4 is 4.74 Å². The lowest BCUT2D eigenvalue weighted by molar-refractivity contribution is 0.0733. The highest BCUT2D eigenvalue weighted by Crippen LogP contribution is 2.38. The van der Waals surface area contributed by atoms with Crippen molar-refractivity contribution in [3.63, 3.8) is 0 Å². The number of amides is 1. The van der Waals surface area contributed by atoms with Gasteiger partial charge < -0.3 is 14.7 Å². The lowest BCUT2D eigenvalue weighted by atomic mass is 9.97. The Bertz CT molecular complexity index is 1030. The molecule has 4 nitrogen and oxygen atoms in total. The molecule has 3 aromatic carbocycles. The van der Waals surface area contributed by atoms with E-state index in [0.29, 0.717) is 24.4 Å². The Kier molecular flexibility index (Phi) is 4.74. The summed E-state index contributed by atoms with van der Waals surface area (Å²) in [6.07, 6.45) is 0. The van der Waals surface area contributed by atoms with E-state index in [2.05, 4.69) is 0 Å². The van der Waals surface area contributed by atoms with Crippen molar-refractivity contribution >= 4 is 5.91 Å². The van der Waals surface area contributed by atoms with Crippen molar-refractivity contribution in [2.75, 3.05) is 13.2 Å². The summed E-state index contributed by atoms with van der Waals surface area (Å²) in [6, 6.07) is 17.1. The highest BCUT2D eigenvalue weighted by Gasteiger charge is 2.24. The van der Waals surface area contributed by atoms with E-state index in [1.807, 2.05) is 37.3 Å². The highest BCUT2D eigenvalue weighted by molar-refractivity contribution is 5.94. The molecule has 0 saturated heterocycles. The summed E-state index contributed by atoms with van der Waals surface area (Å²) in [7, 11) is 0. The molecule has 0 aliphatic carbocycles. The molecular formula is C23H20FNO3. The van der Waals surface area contributed by atoms with Crippen LogP contribution in [0.3, 0.4) is 0 Å². The molecule has 0 radical (unpaired) electrons. The minimum absolute atomic E-state index is 0.0619. The Labute approximate surface area is 162 Å². The van der Waals surface area contributed by atoms with Crippen LogP contribution in [0.5, 0.6) is 11.5 Å². The largest absolute Gasteiger partial charge is 0.504 e. The average Bonchev–Trinajstić information content (AvgIpc) is 2.91. The maximum Gasteiger partial charge on any atom is 0.254 e. The summed E-state index contributed by atoms with van der Waals surface area (Å²) in [5, 5.41) is 10.5. The molecule has 1 heterocycles. The van der Waals surface area contributed by atoms with Gasteiger partial charge in [-0.2, -0.15) is 0 Å². The van der Waals surface area contributed by atoms with Gasteiger partial charge in [-0.15, -0.1) is 0 Å². The maximum absolute atomic E-state index is 13.2. The summed E-state index contributed by atoms with van der Waals surface area (Å²) in [5.74, 6) is -0.107. The quantitative estimate of drug-likeness (QED) is 0.713. The van der Waals surface area contributed by atoms with Gasteiger partial charge in [0.25, 0.3) is 5.91 Å². The standard InChI is InChI=1S/C23H20FNO3/c1-15-4-2-3-5-20(15)17-12-18-14-25(10-11-28-22(18)21(26)13-17)23(27)16-6-8-19(24)9-7-16/h2-9,12-13,26H,10-11,14H2,1H3. The predicted molar refractivity (Wildman–Crippen MR) is 105 cm³/mol. The van der Waals surface area contributed by atoms with Crippen molar-refractivity contribution in [3.8, 4) is 22.6 Å². The fourth-order valence-corrected chi connectivity index (χ4v) is 3.50. The van der Waals surface area contributed by atoms with E-state index in [0.717, 1.165) is 22.3 Å². The van der Waals surface area contributed by atoms with Crippen molar-refractivity contribution in [2.24, 2.45) is 0 Å². The van der Waals surface area contributed by atoms with Crippen LogP contribution in [0.2, 0.25) is 0 Å². The van der Waals surface area contributed by atoms with Gasteiger partial charge in [0.1, 0.15) is 12.4 Å². The summed E-state index contributed by atoms with van der Waals surface area (Å²) >= 11 is 0. The molecule has 1 amide bonds. The SMILES string of the molecule is Cc1ccccc1-c1cc(O)c2c(c1)CN(C(=O)c1ccc(F)cc1)CCO2. The summed E-state index contributed by atoms with van der Waals surface area (Å²) in [4.78, 5) is 14.5. The topological polar surface area (TPSA) is 49.8 Å². The second-order valence-electron chi connectivity index (χ2n) is 6.88. The Balaban J connectivity index is 1.69. The van der Waals surface area contributed by atoms with E-state index in [-0.39, 0.29) is 24.1 Å². The number of phenolic OH excluding ortho intramolecular Hbond substituents is 1. The molecule has 1 N–H and O–H groups in total. The number of nitrogens with zero attached hydrogens (tertiary/aromatic N) is 1. The molecule has 1 aliphatic rings. The van der Waals surface area contributed by atoms with E-state index >= 15 is 0 Å². The van der Waals surface area contributed by atoms with E-state index in [9.17, 15) is 14.3 Å². The summed E-state index contributed by atoms with van der Waals surface area (Å²) in [5.41, 5.74) is 4.14. The number of aryl methyl sites for hydroxylation is 1. The van der Waals surface area contributed by atoms with Gasteiger partial charge in [-0.25, -0.2) is 4.39 Å². The van der Waals surface area contributed by atoms with Crippen LogP contribution >= 0.6 is 0 Å². The Morgan fingerprint density at radius 3 is 2.61 bits per heavy atom. The lowest BCUT2D eigenvalue weighted by Crippen LogP contribution is -2.32. The normalized spacial score (nSPS) is 13.4. The van der Waals surface area contributed by atoms with E-state index in [1.54, 1.807) is 11.0 Å². The minimum atomic E-state index is -0.381. The van der Waals surface area contributed by atoms with E-state index in [1.165, 1.54) is 24.3 Å². The zero-order chi connectivity index (χ0) is 19.7. The third-order valence-corrected chi connectivity index (χ3v) is 4.95. The number of aromatic hydroxyl groups is 1. The van der Waals surface area contributed by atoms with Gasteiger partial charge in [-0.3, -0.25) is 4.79 Å². The number of halogens is 1. The van der Waals surface area contributed by atoms with Crippen molar-refractivity contribution in [1.82, 2.24) is 4.90 Å². The van der Waals surface area contributed by atoms with Gasteiger partial charge in [-0.05, 0) is 60.0 Å². The first kappa shape index (κ1) is 18.0. The molecule has 1 aliphatic heterocycles. The van der Waals surface area contributed by atoms with Gasteiger partial charge in [0.05, 0.1) is 6.54 Å². The van der Waals surface area contributed by atoms with Gasteiger partial charge >= 0.3 is 0 Å². The number of ether oxygens (including phenoxy) is 1. The van der Waals surface area contributed by atoms with Crippen LogP contribution in [0.25, 0.3) is 11.1 Å². The molecule has 0 fully saturated rings. The lowest BCUT2D eigenvalue weighted by Gasteiger charge is -2.20.